The van der Waals surface area contributed by atoms with Crippen molar-refractivity contribution in [1.82, 2.24) is 0 Å². The summed E-state index contributed by atoms with van der Waals surface area (Å²) >= 11 is 0. The lowest BCUT2D eigenvalue weighted by Gasteiger charge is -2.18. The zero-order valence-corrected chi connectivity index (χ0v) is 10.2. The number of methoxy groups -OCH3 is 1. The molecule has 0 spiro atoms. The van der Waals surface area contributed by atoms with Crippen molar-refractivity contribution in [3.63, 3.8) is 0 Å². The maximum atomic E-state index is 11.2. The van der Waals surface area contributed by atoms with Crippen molar-refractivity contribution in [3.05, 3.63) is 29.8 Å². The molecular weight excluding hydrogens is 204 g/mol. The highest BCUT2D eigenvalue weighted by Gasteiger charge is 2.11. The molecule has 0 N–H and O–H groups in total. The Hall–Kier alpha value is -1.51. The summed E-state index contributed by atoms with van der Waals surface area (Å²) in [5.74, 6) is 0.435. The van der Waals surface area contributed by atoms with Gasteiger partial charge in [0.1, 0.15) is 5.75 Å². The lowest BCUT2D eigenvalue weighted by Crippen LogP contribution is -2.16. The van der Waals surface area contributed by atoms with E-state index in [1.807, 2.05) is 0 Å². The first kappa shape index (κ1) is 12.6. The van der Waals surface area contributed by atoms with Crippen LogP contribution in [-0.4, -0.2) is 19.7 Å². The molecule has 0 aliphatic heterocycles. The third-order valence-corrected chi connectivity index (χ3v) is 1.95. The summed E-state index contributed by atoms with van der Waals surface area (Å²) in [5.41, 5.74) is 0.659. The molecule has 1 rings (SSSR count). The van der Waals surface area contributed by atoms with Crippen molar-refractivity contribution in [1.29, 1.82) is 0 Å². The molecule has 0 unspecified atom stereocenters. The number of hydrogen-bond donors (Lipinski definition) is 0. The van der Waals surface area contributed by atoms with Gasteiger partial charge in [-0.1, -0.05) is 20.8 Å². The van der Waals surface area contributed by atoms with Crippen LogP contribution in [0.5, 0.6) is 5.75 Å². The predicted octanol–water partition coefficient (Wildman–Crippen LogP) is 2.90. The molecule has 3 heteroatoms. The second-order valence-electron chi connectivity index (χ2n) is 4.87. The van der Waals surface area contributed by atoms with E-state index in [0.717, 1.165) is 5.75 Å². The van der Waals surface area contributed by atoms with E-state index in [1.54, 1.807) is 24.3 Å². The van der Waals surface area contributed by atoms with E-state index in [4.69, 9.17) is 4.74 Å². The fraction of sp³-hybridized carbons (Fsp3) is 0.462. The summed E-state index contributed by atoms with van der Waals surface area (Å²) < 4.78 is 10.2. The van der Waals surface area contributed by atoms with E-state index in [9.17, 15) is 4.79 Å². The molecule has 0 saturated carbocycles. The molecule has 1 aromatic carbocycles. The number of rotatable bonds is 3. The van der Waals surface area contributed by atoms with E-state index >= 15 is 0 Å². The monoisotopic (exact) mass is 222 g/mol. The molecule has 88 valence electrons. The van der Waals surface area contributed by atoms with Crippen molar-refractivity contribution < 1.29 is 14.3 Å². The van der Waals surface area contributed by atoms with Gasteiger partial charge in [-0.15, -0.1) is 0 Å². The summed E-state index contributed by atoms with van der Waals surface area (Å²) in [6, 6.07) is 6.95. The first-order valence-electron chi connectivity index (χ1n) is 5.23. The molecule has 16 heavy (non-hydrogen) atoms. The topological polar surface area (TPSA) is 35.5 Å². The summed E-state index contributed by atoms with van der Waals surface area (Å²) in [7, 11) is 1.37. The quantitative estimate of drug-likeness (QED) is 0.738. The Morgan fingerprint density at radius 3 is 2.19 bits per heavy atom. The van der Waals surface area contributed by atoms with E-state index < -0.39 is 0 Å². The average Bonchev–Trinajstić information content (AvgIpc) is 2.25. The van der Waals surface area contributed by atoms with Crippen LogP contribution in [0.3, 0.4) is 0 Å². The Balaban J connectivity index is 2.62. The molecule has 0 heterocycles. The fourth-order valence-corrected chi connectivity index (χ4v) is 1.10. The SMILES string of the molecule is COC(=O)c1ccc(OCC(C)(C)C)cc1. The van der Waals surface area contributed by atoms with Crippen LogP contribution in [0.4, 0.5) is 0 Å². The number of esters is 1. The largest absolute Gasteiger partial charge is 0.493 e. The van der Waals surface area contributed by atoms with E-state index in [0.29, 0.717) is 12.2 Å². The highest BCUT2D eigenvalue weighted by atomic mass is 16.5. The number of carbonyl (C=O) groups excluding carboxylic acids is 1. The van der Waals surface area contributed by atoms with E-state index in [-0.39, 0.29) is 11.4 Å². The second-order valence-corrected chi connectivity index (χ2v) is 4.87. The number of ether oxygens (including phenoxy) is 2. The van der Waals surface area contributed by atoms with Gasteiger partial charge in [0.15, 0.2) is 0 Å². The van der Waals surface area contributed by atoms with Crippen LogP contribution in [0.15, 0.2) is 24.3 Å². The van der Waals surface area contributed by atoms with Crippen molar-refractivity contribution in [3.8, 4) is 5.75 Å². The van der Waals surface area contributed by atoms with Crippen molar-refractivity contribution >= 4 is 5.97 Å². The maximum Gasteiger partial charge on any atom is 0.337 e. The highest BCUT2D eigenvalue weighted by molar-refractivity contribution is 5.89. The first-order chi connectivity index (χ1) is 7.42. The van der Waals surface area contributed by atoms with Crippen LogP contribution in [0.25, 0.3) is 0 Å². The van der Waals surface area contributed by atoms with Crippen molar-refractivity contribution in [2.24, 2.45) is 5.41 Å². The smallest absolute Gasteiger partial charge is 0.337 e. The minimum absolute atomic E-state index is 0.126. The molecular formula is C13H18O3. The Kier molecular flexibility index (Phi) is 3.93. The average molecular weight is 222 g/mol. The van der Waals surface area contributed by atoms with Gasteiger partial charge in [-0.2, -0.15) is 0 Å². The molecule has 0 amide bonds. The van der Waals surface area contributed by atoms with Gasteiger partial charge in [-0.25, -0.2) is 4.79 Å². The molecule has 0 atom stereocenters. The van der Waals surface area contributed by atoms with Gasteiger partial charge in [0, 0.05) is 0 Å². The summed E-state index contributed by atoms with van der Waals surface area (Å²) in [5, 5.41) is 0. The first-order valence-corrected chi connectivity index (χ1v) is 5.23. The van der Waals surface area contributed by atoms with Crippen LogP contribution in [-0.2, 0) is 4.74 Å². The van der Waals surface area contributed by atoms with Gasteiger partial charge in [0.05, 0.1) is 19.3 Å². The van der Waals surface area contributed by atoms with Gasteiger partial charge in [-0.05, 0) is 29.7 Å². The van der Waals surface area contributed by atoms with Crippen LogP contribution in [0.2, 0.25) is 0 Å². The van der Waals surface area contributed by atoms with Gasteiger partial charge in [0.2, 0.25) is 0 Å². The molecule has 0 aromatic heterocycles. The highest BCUT2D eigenvalue weighted by Crippen LogP contribution is 2.18. The molecule has 0 saturated heterocycles. The summed E-state index contributed by atoms with van der Waals surface area (Å²) in [6.07, 6.45) is 0. The van der Waals surface area contributed by atoms with Crippen molar-refractivity contribution in [2.45, 2.75) is 20.8 Å². The van der Waals surface area contributed by atoms with Crippen LogP contribution in [0, 0.1) is 5.41 Å². The molecule has 0 aliphatic carbocycles. The maximum absolute atomic E-state index is 11.2. The number of benzene rings is 1. The Morgan fingerprint density at radius 2 is 1.75 bits per heavy atom. The lowest BCUT2D eigenvalue weighted by atomic mass is 9.99. The number of carbonyl (C=O) groups is 1. The molecule has 0 radical (unpaired) electrons. The lowest BCUT2D eigenvalue weighted by molar-refractivity contribution is 0.0600. The summed E-state index contributed by atoms with van der Waals surface area (Å²) in [6.45, 7) is 6.96. The van der Waals surface area contributed by atoms with Crippen molar-refractivity contribution in [2.75, 3.05) is 13.7 Å². The second kappa shape index (κ2) is 5.01. The van der Waals surface area contributed by atoms with E-state index in [1.165, 1.54) is 7.11 Å². The molecule has 0 bridgehead atoms. The van der Waals surface area contributed by atoms with Crippen LogP contribution < -0.4 is 4.74 Å². The van der Waals surface area contributed by atoms with Gasteiger partial charge in [0.25, 0.3) is 0 Å². The molecule has 3 nitrogen and oxygen atoms in total. The van der Waals surface area contributed by atoms with Crippen LogP contribution >= 0.6 is 0 Å². The minimum Gasteiger partial charge on any atom is -0.493 e. The third kappa shape index (κ3) is 3.93. The Bertz CT molecular complexity index is 346. The Morgan fingerprint density at radius 1 is 1.19 bits per heavy atom. The fourth-order valence-electron chi connectivity index (χ4n) is 1.10. The van der Waals surface area contributed by atoms with Gasteiger partial charge >= 0.3 is 5.97 Å². The third-order valence-electron chi connectivity index (χ3n) is 1.95. The van der Waals surface area contributed by atoms with Gasteiger partial charge < -0.3 is 9.47 Å². The predicted molar refractivity (Wildman–Crippen MR) is 62.7 cm³/mol. The summed E-state index contributed by atoms with van der Waals surface area (Å²) in [4.78, 5) is 11.2. The molecule has 0 aliphatic rings. The molecule has 1 aromatic rings. The zero-order chi connectivity index (χ0) is 12.2. The zero-order valence-electron chi connectivity index (χ0n) is 10.2. The minimum atomic E-state index is -0.331. The number of hydrogen-bond acceptors (Lipinski definition) is 3. The van der Waals surface area contributed by atoms with Gasteiger partial charge in [-0.3, -0.25) is 0 Å². The normalized spacial score (nSPS) is 11.0. The molecule has 0 fully saturated rings. The van der Waals surface area contributed by atoms with E-state index in [2.05, 4.69) is 25.5 Å². The Labute approximate surface area is 96.4 Å². The van der Waals surface area contributed by atoms with Crippen LogP contribution in [0.1, 0.15) is 31.1 Å². The standard InChI is InChI=1S/C13H18O3/c1-13(2,3)9-16-11-7-5-10(6-8-11)12(14)15-4/h5-8H,9H2,1-4H3.